The highest BCUT2D eigenvalue weighted by molar-refractivity contribution is 14.0. The van der Waals surface area contributed by atoms with Crippen LogP contribution < -0.4 is 15.5 Å². The van der Waals surface area contributed by atoms with E-state index in [1.54, 1.807) is 6.33 Å². The topological polar surface area (TPSA) is 83.3 Å². The van der Waals surface area contributed by atoms with Crippen LogP contribution in [0.15, 0.2) is 29.6 Å². The number of nitrogens with zero attached hydrogens (tertiary/aromatic N) is 6. The van der Waals surface area contributed by atoms with Gasteiger partial charge in [0.05, 0.1) is 6.54 Å². The second kappa shape index (κ2) is 12.6. The summed E-state index contributed by atoms with van der Waals surface area (Å²) in [5, 5.41) is 14.8. The minimum absolute atomic E-state index is 0. The first kappa shape index (κ1) is 23.4. The van der Waals surface area contributed by atoms with Crippen molar-refractivity contribution in [1.29, 1.82) is 0 Å². The van der Waals surface area contributed by atoms with Crippen molar-refractivity contribution in [3.63, 3.8) is 0 Å². The molecule has 0 radical (unpaired) electrons. The lowest BCUT2D eigenvalue weighted by molar-refractivity contribution is 0.573. The van der Waals surface area contributed by atoms with Gasteiger partial charge in [-0.05, 0) is 43.9 Å². The van der Waals surface area contributed by atoms with E-state index in [1.807, 2.05) is 12.3 Å². The van der Waals surface area contributed by atoms with E-state index in [-0.39, 0.29) is 24.0 Å². The standard InChI is InChI=1S/C20H32N8.HI/c1-3-18-26-25-16-28(18)13-10-23-20(21-4-2)24-15-17-8-9-22-19(14-17)27-11-6-5-7-12-27;/h8-9,14,16H,3-7,10-13,15H2,1-2H3,(H2,21,23,24);1H. The van der Waals surface area contributed by atoms with Gasteiger partial charge in [0.1, 0.15) is 18.0 Å². The highest BCUT2D eigenvalue weighted by Gasteiger charge is 2.12. The van der Waals surface area contributed by atoms with Crippen LogP contribution in [0.2, 0.25) is 0 Å². The van der Waals surface area contributed by atoms with Crippen LogP contribution in [0.4, 0.5) is 5.82 Å². The number of hydrogen-bond acceptors (Lipinski definition) is 5. The SMILES string of the molecule is CCNC(=NCc1ccnc(N2CCCCC2)c1)NCCn1cnnc1CC.I. The van der Waals surface area contributed by atoms with Crippen LogP contribution in [-0.2, 0) is 19.5 Å². The molecular formula is C20H33IN8. The smallest absolute Gasteiger partial charge is 0.191 e. The van der Waals surface area contributed by atoms with Gasteiger partial charge in [-0.15, -0.1) is 34.2 Å². The first-order valence-corrected chi connectivity index (χ1v) is 10.4. The number of halogens is 1. The number of aromatic nitrogens is 4. The highest BCUT2D eigenvalue weighted by Crippen LogP contribution is 2.18. The lowest BCUT2D eigenvalue weighted by Crippen LogP contribution is -2.39. The van der Waals surface area contributed by atoms with Crippen molar-refractivity contribution in [3.8, 4) is 0 Å². The average molecular weight is 512 g/mol. The first-order chi connectivity index (χ1) is 13.8. The zero-order valence-corrected chi connectivity index (χ0v) is 19.8. The Morgan fingerprint density at radius 1 is 1.17 bits per heavy atom. The number of hydrogen-bond donors (Lipinski definition) is 2. The number of aliphatic imine (C=N–C) groups is 1. The molecule has 2 aromatic rings. The van der Waals surface area contributed by atoms with Crippen LogP contribution >= 0.6 is 24.0 Å². The normalized spacial score (nSPS) is 14.4. The molecule has 1 aliphatic rings. The lowest BCUT2D eigenvalue weighted by Gasteiger charge is -2.27. The van der Waals surface area contributed by atoms with E-state index in [0.29, 0.717) is 6.54 Å². The zero-order valence-electron chi connectivity index (χ0n) is 17.5. The van der Waals surface area contributed by atoms with Gasteiger partial charge in [0.15, 0.2) is 5.96 Å². The van der Waals surface area contributed by atoms with Crippen molar-refractivity contribution in [2.24, 2.45) is 4.99 Å². The molecule has 0 unspecified atom stereocenters. The van der Waals surface area contributed by atoms with Gasteiger partial charge in [-0.1, -0.05) is 6.92 Å². The number of nitrogens with one attached hydrogen (secondary N) is 2. The second-order valence-corrected chi connectivity index (χ2v) is 6.99. The number of anilines is 1. The molecule has 29 heavy (non-hydrogen) atoms. The molecule has 1 fully saturated rings. The number of piperidine rings is 1. The third kappa shape index (κ3) is 7.13. The van der Waals surface area contributed by atoms with Gasteiger partial charge >= 0.3 is 0 Å². The molecule has 2 N–H and O–H groups in total. The van der Waals surface area contributed by atoms with Gasteiger partial charge in [0.25, 0.3) is 0 Å². The van der Waals surface area contributed by atoms with E-state index >= 15 is 0 Å². The Morgan fingerprint density at radius 3 is 2.76 bits per heavy atom. The molecule has 0 bridgehead atoms. The molecule has 3 heterocycles. The van der Waals surface area contributed by atoms with E-state index in [4.69, 9.17) is 4.99 Å². The average Bonchev–Trinajstić information content (AvgIpc) is 3.20. The largest absolute Gasteiger partial charge is 0.357 e. The molecule has 9 heteroatoms. The second-order valence-electron chi connectivity index (χ2n) is 6.99. The Kier molecular flexibility index (Phi) is 10.2. The zero-order chi connectivity index (χ0) is 19.6. The van der Waals surface area contributed by atoms with E-state index in [1.165, 1.54) is 24.8 Å². The minimum Gasteiger partial charge on any atom is -0.357 e. The van der Waals surface area contributed by atoms with Gasteiger partial charge in [0, 0.05) is 45.3 Å². The van der Waals surface area contributed by atoms with Gasteiger partial charge in [-0.3, -0.25) is 0 Å². The Labute approximate surface area is 190 Å². The van der Waals surface area contributed by atoms with Crippen molar-refractivity contribution in [1.82, 2.24) is 30.4 Å². The monoisotopic (exact) mass is 512 g/mol. The lowest BCUT2D eigenvalue weighted by atomic mass is 10.1. The third-order valence-electron chi connectivity index (χ3n) is 4.91. The maximum Gasteiger partial charge on any atom is 0.191 e. The van der Waals surface area contributed by atoms with Gasteiger partial charge in [-0.2, -0.15) is 0 Å². The molecule has 0 saturated carbocycles. The summed E-state index contributed by atoms with van der Waals surface area (Å²) in [5.74, 6) is 2.90. The van der Waals surface area contributed by atoms with Crippen molar-refractivity contribution in [2.45, 2.75) is 52.6 Å². The molecule has 0 atom stereocenters. The molecular weight excluding hydrogens is 479 g/mol. The molecule has 0 spiro atoms. The fraction of sp³-hybridized carbons (Fsp3) is 0.600. The van der Waals surface area contributed by atoms with E-state index in [0.717, 1.165) is 56.7 Å². The van der Waals surface area contributed by atoms with Crippen molar-refractivity contribution in [3.05, 3.63) is 36.0 Å². The van der Waals surface area contributed by atoms with Crippen molar-refractivity contribution >= 4 is 35.8 Å². The molecule has 0 amide bonds. The minimum atomic E-state index is 0. The van der Waals surface area contributed by atoms with Crippen LogP contribution in [0.25, 0.3) is 0 Å². The van der Waals surface area contributed by atoms with E-state index in [2.05, 4.69) is 55.2 Å². The van der Waals surface area contributed by atoms with Crippen LogP contribution in [0.3, 0.4) is 0 Å². The van der Waals surface area contributed by atoms with Crippen LogP contribution in [0, 0.1) is 0 Å². The summed E-state index contributed by atoms with van der Waals surface area (Å²) < 4.78 is 2.07. The summed E-state index contributed by atoms with van der Waals surface area (Å²) in [7, 11) is 0. The molecule has 0 aliphatic carbocycles. The maximum absolute atomic E-state index is 4.74. The summed E-state index contributed by atoms with van der Waals surface area (Å²) in [4.78, 5) is 11.7. The molecule has 1 aliphatic heterocycles. The quantitative estimate of drug-likeness (QED) is 0.322. The molecule has 2 aromatic heterocycles. The summed E-state index contributed by atoms with van der Waals surface area (Å²) in [6.45, 7) is 9.42. The van der Waals surface area contributed by atoms with E-state index < -0.39 is 0 Å². The maximum atomic E-state index is 4.74. The van der Waals surface area contributed by atoms with E-state index in [9.17, 15) is 0 Å². The fourth-order valence-electron chi connectivity index (χ4n) is 3.40. The van der Waals surface area contributed by atoms with Gasteiger partial charge < -0.3 is 20.1 Å². The summed E-state index contributed by atoms with van der Waals surface area (Å²) in [6.07, 6.45) is 8.40. The van der Waals surface area contributed by atoms with Gasteiger partial charge in [-0.25, -0.2) is 9.98 Å². The van der Waals surface area contributed by atoms with Crippen molar-refractivity contribution in [2.75, 3.05) is 31.1 Å². The summed E-state index contributed by atoms with van der Waals surface area (Å²) in [6, 6.07) is 4.22. The third-order valence-corrected chi connectivity index (χ3v) is 4.91. The number of rotatable bonds is 8. The molecule has 160 valence electrons. The molecule has 0 aromatic carbocycles. The van der Waals surface area contributed by atoms with Crippen LogP contribution in [0.5, 0.6) is 0 Å². The molecule has 1 saturated heterocycles. The fourth-order valence-corrected chi connectivity index (χ4v) is 3.40. The predicted octanol–water partition coefficient (Wildman–Crippen LogP) is 2.60. The van der Waals surface area contributed by atoms with Gasteiger partial charge in [0.2, 0.25) is 0 Å². The number of guanidine groups is 1. The number of aryl methyl sites for hydroxylation is 1. The summed E-state index contributed by atoms with van der Waals surface area (Å²) >= 11 is 0. The highest BCUT2D eigenvalue weighted by atomic mass is 127. The predicted molar refractivity (Wildman–Crippen MR) is 128 cm³/mol. The Bertz CT molecular complexity index is 754. The first-order valence-electron chi connectivity index (χ1n) is 10.4. The Hall–Kier alpha value is -1.91. The molecule has 8 nitrogen and oxygen atoms in total. The molecule has 3 rings (SSSR count). The number of pyridine rings is 1. The van der Waals surface area contributed by atoms with Crippen LogP contribution in [-0.4, -0.2) is 51.9 Å². The van der Waals surface area contributed by atoms with Crippen LogP contribution in [0.1, 0.15) is 44.5 Å². The Morgan fingerprint density at radius 2 is 2.00 bits per heavy atom. The Balaban J connectivity index is 0.00000300. The summed E-state index contributed by atoms with van der Waals surface area (Å²) in [5.41, 5.74) is 1.18. The van der Waals surface area contributed by atoms with Crippen molar-refractivity contribution < 1.29 is 0 Å².